The van der Waals surface area contributed by atoms with Gasteiger partial charge in [-0.15, -0.1) is 0 Å². The Morgan fingerprint density at radius 1 is 1.32 bits per heavy atom. The average Bonchev–Trinajstić information content (AvgIpc) is 2.43. The number of aliphatic hydroxyl groups is 1. The largest absolute Gasteiger partial charge is 0.393 e. The van der Waals surface area contributed by atoms with E-state index >= 15 is 0 Å². The van der Waals surface area contributed by atoms with Crippen LogP contribution in [0.4, 0.5) is 8.78 Å². The lowest BCUT2D eigenvalue weighted by atomic mass is 9.99. The van der Waals surface area contributed by atoms with Crippen LogP contribution in [0.5, 0.6) is 0 Å². The molecular weight excluding hydrogens is 356 g/mol. The highest BCUT2D eigenvalue weighted by Gasteiger charge is 2.21. The van der Waals surface area contributed by atoms with E-state index in [9.17, 15) is 18.7 Å². The molecule has 2 aromatic rings. The molecule has 0 aliphatic rings. The Kier molecular flexibility index (Phi) is 5.13. The quantitative estimate of drug-likeness (QED) is 0.893. The molecule has 3 nitrogen and oxygen atoms in total. The van der Waals surface area contributed by atoms with Crippen molar-refractivity contribution in [3.63, 3.8) is 0 Å². The fraction of sp³-hybridized carbons (Fsp3) is 0.312. The Bertz CT molecular complexity index is 736. The number of aromatic nitrogens is 1. The maximum Gasteiger partial charge on any atom is 0.265 e. The molecule has 1 N–H and O–H groups in total. The van der Waals surface area contributed by atoms with E-state index in [1.54, 1.807) is 13.8 Å². The molecule has 0 spiro atoms. The topological polar surface area (TPSA) is 42.2 Å². The SMILES string of the molecule is CCn1c(-c2c(F)cccc2F)c(CC(C)O)cc(Br)c1=O. The molecule has 6 heteroatoms. The predicted octanol–water partition coefficient (Wildman–Crippen LogP) is 3.50. The van der Waals surface area contributed by atoms with Crippen LogP contribution in [0.2, 0.25) is 0 Å². The number of nitrogens with zero attached hydrogens (tertiary/aromatic N) is 1. The van der Waals surface area contributed by atoms with Crippen molar-refractivity contribution in [1.29, 1.82) is 0 Å². The minimum Gasteiger partial charge on any atom is -0.393 e. The molecule has 0 aliphatic carbocycles. The van der Waals surface area contributed by atoms with E-state index < -0.39 is 17.7 Å². The number of benzene rings is 1. The monoisotopic (exact) mass is 371 g/mol. The predicted molar refractivity (Wildman–Crippen MR) is 84.8 cm³/mol. The van der Waals surface area contributed by atoms with Crippen molar-refractivity contribution in [2.45, 2.75) is 32.9 Å². The Hall–Kier alpha value is -1.53. The zero-order valence-electron chi connectivity index (χ0n) is 12.2. The number of hydrogen-bond donors (Lipinski definition) is 1. The average molecular weight is 372 g/mol. The Morgan fingerprint density at radius 2 is 1.91 bits per heavy atom. The molecule has 1 aromatic heterocycles. The number of halogens is 3. The highest BCUT2D eigenvalue weighted by atomic mass is 79.9. The molecule has 0 aliphatic heterocycles. The van der Waals surface area contributed by atoms with Crippen molar-refractivity contribution >= 4 is 15.9 Å². The van der Waals surface area contributed by atoms with Gasteiger partial charge in [0.1, 0.15) is 11.6 Å². The van der Waals surface area contributed by atoms with Crippen molar-refractivity contribution in [2.24, 2.45) is 0 Å². The van der Waals surface area contributed by atoms with Crippen molar-refractivity contribution in [3.8, 4) is 11.3 Å². The van der Waals surface area contributed by atoms with Crippen LogP contribution >= 0.6 is 15.9 Å². The molecular formula is C16H16BrF2NO2. The highest BCUT2D eigenvalue weighted by Crippen LogP contribution is 2.30. The minimum atomic E-state index is -0.740. The molecule has 1 atom stereocenters. The van der Waals surface area contributed by atoms with E-state index in [1.165, 1.54) is 16.7 Å². The van der Waals surface area contributed by atoms with Crippen LogP contribution in [0.3, 0.4) is 0 Å². The smallest absolute Gasteiger partial charge is 0.265 e. The van der Waals surface area contributed by atoms with Gasteiger partial charge >= 0.3 is 0 Å². The highest BCUT2D eigenvalue weighted by molar-refractivity contribution is 9.10. The summed E-state index contributed by atoms with van der Waals surface area (Å²) in [5.74, 6) is -1.48. The van der Waals surface area contributed by atoms with Crippen molar-refractivity contribution in [2.75, 3.05) is 0 Å². The molecule has 22 heavy (non-hydrogen) atoms. The Morgan fingerprint density at radius 3 is 2.41 bits per heavy atom. The van der Waals surface area contributed by atoms with Crippen LogP contribution in [0, 0.1) is 11.6 Å². The minimum absolute atomic E-state index is 0.173. The van der Waals surface area contributed by atoms with Crippen LogP contribution in [0.1, 0.15) is 19.4 Å². The van der Waals surface area contributed by atoms with Gasteiger partial charge in [0.05, 0.1) is 21.8 Å². The summed E-state index contributed by atoms with van der Waals surface area (Å²) in [6, 6.07) is 5.09. The summed E-state index contributed by atoms with van der Waals surface area (Å²) < 4.78 is 30.0. The van der Waals surface area contributed by atoms with Crippen LogP contribution < -0.4 is 5.56 Å². The molecule has 0 radical (unpaired) electrons. The molecule has 118 valence electrons. The summed E-state index contributed by atoms with van der Waals surface area (Å²) in [5.41, 5.74) is 0.0682. The lowest BCUT2D eigenvalue weighted by Crippen LogP contribution is -2.25. The van der Waals surface area contributed by atoms with Gasteiger partial charge in [0.15, 0.2) is 0 Å². The Labute approximate surface area is 135 Å². The molecule has 1 aromatic carbocycles. The fourth-order valence-corrected chi connectivity index (χ4v) is 2.97. The zero-order chi connectivity index (χ0) is 16.4. The second kappa shape index (κ2) is 6.71. The number of aliphatic hydroxyl groups excluding tert-OH is 1. The molecule has 0 saturated heterocycles. The second-order valence-corrected chi connectivity index (χ2v) is 5.92. The molecule has 1 unspecified atom stereocenters. The summed E-state index contributed by atoms with van der Waals surface area (Å²) in [7, 11) is 0. The lowest BCUT2D eigenvalue weighted by Gasteiger charge is -2.19. The summed E-state index contributed by atoms with van der Waals surface area (Å²) in [6.07, 6.45) is -0.523. The van der Waals surface area contributed by atoms with E-state index in [-0.39, 0.29) is 29.8 Å². The summed E-state index contributed by atoms with van der Waals surface area (Å²) >= 11 is 3.17. The van der Waals surface area contributed by atoms with Crippen LogP contribution in [0.15, 0.2) is 33.5 Å². The molecule has 0 fully saturated rings. The summed E-state index contributed by atoms with van der Waals surface area (Å²) in [4.78, 5) is 12.3. The van der Waals surface area contributed by atoms with Crippen molar-refractivity contribution in [1.82, 2.24) is 4.57 Å². The van der Waals surface area contributed by atoms with Crippen molar-refractivity contribution < 1.29 is 13.9 Å². The molecule has 0 bridgehead atoms. The van der Waals surface area contributed by atoms with Gasteiger partial charge in [0.2, 0.25) is 0 Å². The van der Waals surface area contributed by atoms with Crippen molar-refractivity contribution in [3.05, 3.63) is 56.3 Å². The first-order valence-corrected chi connectivity index (χ1v) is 7.70. The fourth-order valence-electron chi connectivity index (χ4n) is 2.48. The van der Waals surface area contributed by atoms with Gasteiger partial charge in [-0.3, -0.25) is 4.79 Å². The normalized spacial score (nSPS) is 12.5. The Balaban J connectivity index is 2.88. The van der Waals surface area contributed by atoms with E-state index in [1.807, 2.05) is 0 Å². The van der Waals surface area contributed by atoms with Gasteiger partial charge in [-0.05, 0) is 53.5 Å². The zero-order valence-corrected chi connectivity index (χ0v) is 13.8. The number of rotatable bonds is 4. The number of hydrogen-bond acceptors (Lipinski definition) is 2. The maximum absolute atomic E-state index is 14.2. The van der Waals surface area contributed by atoms with E-state index in [0.29, 0.717) is 10.0 Å². The molecule has 0 saturated carbocycles. The number of pyridine rings is 1. The first-order chi connectivity index (χ1) is 10.4. The lowest BCUT2D eigenvalue weighted by molar-refractivity contribution is 0.195. The second-order valence-electron chi connectivity index (χ2n) is 5.07. The van der Waals surface area contributed by atoms with Gasteiger partial charge in [0.25, 0.3) is 5.56 Å². The first-order valence-electron chi connectivity index (χ1n) is 6.91. The van der Waals surface area contributed by atoms with E-state index in [0.717, 1.165) is 12.1 Å². The van der Waals surface area contributed by atoms with Gasteiger partial charge in [-0.1, -0.05) is 6.07 Å². The maximum atomic E-state index is 14.2. The standard InChI is InChI=1S/C16H16BrF2NO2/c1-3-20-15(14-12(18)5-4-6-13(14)19)10(7-9(2)21)8-11(17)16(20)22/h4-6,8-9,21H,3,7H2,1-2H3. The van der Waals surface area contributed by atoms with Gasteiger partial charge < -0.3 is 9.67 Å². The van der Waals surface area contributed by atoms with E-state index in [4.69, 9.17) is 0 Å². The summed E-state index contributed by atoms with van der Waals surface area (Å²) in [6.45, 7) is 3.56. The summed E-state index contributed by atoms with van der Waals surface area (Å²) in [5, 5.41) is 9.65. The van der Waals surface area contributed by atoms with Crippen LogP contribution in [-0.2, 0) is 13.0 Å². The molecule has 2 rings (SSSR count). The van der Waals surface area contributed by atoms with Gasteiger partial charge in [-0.25, -0.2) is 8.78 Å². The molecule has 0 amide bonds. The first kappa shape index (κ1) is 16.8. The molecule has 1 heterocycles. The third-order valence-corrected chi connectivity index (χ3v) is 3.92. The van der Waals surface area contributed by atoms with E-state index in [2.05, 4.69) is 15.9 Å². The van der Waals surface area contributed by atoms with Crippen LogP contribution in [-0.4, -0.2) is 15.8 Å². The van der Waals surface area contributed by atoms with Gasteiger partial charge in [-0.2, -0.15) is 0 Å². The van der Waals surface area contributed by atoms with Gasteiger partial charge in [0, 0.05) is 13.0 Å². The third kappa shape index (κ3) is 3.13. The third-order valence-electron chi connectivity index (χ3n) is 3.36. The van der Waals surface area contributed by atoms with Crippen LogP contribution in [0.25, 0.3) is 11.3 Å².